The normalized spacial score (nSPS) is 16.2. The highest BCUT2D eigenvalue weighted by Gasteiger charge is 2.18. The van der Waals surface area contributed by atoms with Crippen LogP contribution in [-0.4, -0.2) is 32.9 Å². The fourth-order valence-corrected chi connectivity index (χ4v) is 2.29. The van der Waals surface area contributed by atoms with E-state index in [9.17, 15) is 0 Å². The van der Waals surface area contributed by atoms with Crippen molar-refractivity contribution >= 4 is 11.5 Å². The summed E-state index contributed by atoms with van der Waals surface area (Å²) in [5.41, 5.74) is 3.26. The molecule has 0 radical (unpaired) electrons. The topological polar surface area (TPSA) is 46.3 Å². The summed E-state index contributed by atoms with van der Waals surface area (Å²) in [4.78, 5) is 2.35. The summed E-state index contributed by atoms with van der Waals surface area (Å²) in [6, 6.07) is 0. The van der Waals surface area contributed by atoms with Crippen LogP contribution in [0, 0.1) is 13.8 Å². The molecule has 0 aliphatic carbocycles. The van der Waals surface area contributed by atoms with Gasteiger partial charge in [0.05, 0.1) is 0 Å². The van der Waals surface area contributed by atoms with Crippen molar-refractivity contribution in [3.05, 3.63) is 17.5 Å². The van der Waals surface area contributed by atoms with Crippen molar-refractivity contribution < 1.29 is 0 Å². The summed E-state index contributed by atoms with van der Waals surface area (Å²) in [5.74, 6) is 1.09. The van der Waals surface area contributed by atoms with Gasteiger partial charge in [0.2, 0.25) is 0 Å². The van der Waals surface area contributed by atoms with Crippen LogP contribution in [0.5, 0.6) is 0 Å². The Morgan fingerprint density at radius 3 is 2.62 bits per heavy atom. The highest BCUT2D eigenvalue weighted by molar-refractivity contribution is 5.58. The van der Waals surface area contributed by atoms with Crippen molar-refractivity contribution in [2.24, 2.45) is 0 Å². The zero-order valence-electron chi connectivity index (χ0n) is 9.64. The Labute approximate surface area is 94.1 Å². The second kappa shape index (κ2) is 3.43. The molecule has 0 N–H and O–H groups in total. The quantitative estimate of drug-likeness (QED) is 0.723. The first-order valence-corrected chi connectivity index (χ1v) is 5.69. The Morgan fingerprint density at radius 2 is 1.88 bits per heavy atom. The lowest BCUT2D eigenvalue weighted by molar-refractivity contribution is 0.842. The maximum Gasteiger partial charge on any atom is 0.180 e. The van der Waals surface area contributed by atoms with E-state index in [1.165, 1.54) is 24.0 Å². The molecule has 1 fully saturated rings. The number of aryl methyl sites for hydroxylation is 1. The average Bonchev–Trinajstić information content (AvgIpc) is 2.92. The molecule has 0 atom stereocenters. The van der Waals surface area contributed by atoms with Crippen LogP contribution in [0.25, 0.3) is 5.65 Å². The second-order valence-corrected chi connectivity index (χ2v) is 4.37. The summed E-state index contributed by atoms with van der Waals surface area (Å²) in [5, 5.41) is 12.6. The summed E-state index contributed by atoms with van der Waals surface area (Å²) in [6.45, 7) is 6.42. The average molecular weight is 217 g/mol. The van der Waals surface area contributed by atoms with Gasteiger partial charge in [-0.05, 0) is 26.7 Å². The lowest BCUT2D eigenvalue weighted by atomic mass is 10.2. The fraction of sp³-hybridized carbons (Fsp3) is 0.545. The molecule has 2 aromatic rings. The van der Waals surface area contributed by atoms with Crippen LogP contribution in [0.1, 0.15) is 24.0 Å². The molecule has 0 spiro atoms. The molecule has 1 aliphatic rings. The van der Waals surface area contributed by atoms with E-state index in [-0.39, 0.29) is 0 Å². The van der Waals surface area contributed by atoms with Crippen LogP contribution in [-0.2, 0) is 0 Å². The highest BCUT2D eigenvalue weighted by atomic mass is 15.4. The minimum atomic E-state index is 0.862. The van der Waals surface area contributed by atoms with Crippen LogP contribution >= 0.6 is 0 Å². The third-order valence-corrected chi connectivity index (χ3v) is 3.37. The minimum Gasteiger partial charge on any atom is -0.355 e. The van der Waals surface area contributed by atoms with Crippen LogP contribution < -0.4 is 4.90 Å². The molecule has 5 heteroatoms. The van der Waals surface area contributed by atoms with Crippen LogP contribution in [0.2, 0.25) is 0 Å². The van der Waals surface area contributed by atoms with Gasteiger partial charge in [-0.25, -0.2) is 0 Å². The molecule has 5 nitrogen and oxygen atoms in total. The Bertz CT molecular complexity index is 524. The molecule has 3 heterocycles. The molecule has 2 aromatic heterocycles. The Hall–Kier alpha value is -1.65. The van der Waals surface area contributed by atoms with Gasteiger partial charge in [0.25, 0.3) is 0 Å². The van der Waals surface area contributed by atoms with Gasteiger partial charge >= 0.3 is 0 Å². The smallest absolute Gasteiger partial charge is 0.180 e. The first-order valence-electron chi connectivity index (χ1n) is 5.69. The highest BCUT2D eigenvalue weighted by Crippen LogP contribution is 2.25. The largest absolute Gasteiger partial charge is 0.355 e. The molecule has 3 rings (SSSR count). The van der Waals surface area contributed by atoms with Gasteiger partial charge in [0.1, 0.15) is 6.33 Å². The predicted octanol–water partition coefficient (Wildman–Crippen LogP) is 1.34. The number of aromatic nitrogens is 4. The van der Waals surface area contributed by atoms with Crippen molar-refractivity contribution in [2.45, 2.75) is 26.7 Å². The van der Waals surface area contributed by atoms with Gasteiger partial charge < -0.3 is 4.90 Å². The molecular formula is C11H15N5. The van der Waals surface area contributed by atoms with Gasteiger partial charge in [0.15, 0.2) is 11.5 Å². The molecular weight excluding hydrogens is 202 g/mol. The van der Waals surface area contributed by atoms with E-state index in [2.05, 4.69) is 34.0 Å². The first kappa shape index (κ1) is 9.57. The van der Waals surface area contributed by atoms with E-state index >= 15 is 0 Å². The van der Waals surface area contributed by atoms with E-state index in [1.807, 2.05) is 0 Å². The number of hydrogen-bond acceptors (Lipinski definition) is 4. The maximum absolute atomic E-state index is 4.60. The number of fused-ring (bicyclic) bond motifs is 1. The molecule has 84 valence electrons. The summed E-state index contributed by atoms with van der Waals surface area (Å²) in [6.07, 6.45) is 4.20. The van der Waals surface area contributed by atoms with Gasteiger partial charge in [-0.3, -0.25) is 0 Å². The van der Waals surface area contributed by atoms with Crippen molar-refractivity contribution in [1.29, 1.82) is 0 Å². The lowest BCUT2D eigenvalue weighted by Gasteiger charge is -2.19. The monoisotopic (exact) mass is 217 g/mol. The van der Waals surface area contributed by atoms with Gasteiger partial charge in [0, 0.05) is 24.2 Å². The molecule has 0 amide bonds. The van der Waals surface area contributed by atoms with Crippen LogP contribution in [0.15, 0.2) is 6.33 Å². The van der Waals surface area contributed by atoms with E-state index in [4.69, 9.17) is 0 Å². The molecule has 0 aromatic carbocycles. The Morgan fingerprint density at radius 1 is 1.12 bits per heavy atom. The third kappa shape index (κ3) is 1.27. The Balaban J connectivity index is 2.19. The van der Waals surface area contributed by atoms with Crippen molar-refractivity contribution in [3.8, 4) is 0 Å². The second-order valence-electron chi connectivity index (χ2n) is 4.37. The number of anilines is 1. The predicted molar refractivity (Wildman–Crippen MR) is 61.7 cm³/mol. The SMILES string of the molecule is Cc1c(N2CCCC2)nn2cnnc2c1C. The number of nitrogens with zero attached hydrogens (tertiary/aromatic N) is 5. The number of rotatable bonds is 1. The molecule has 0 bridgehead atoms. The van der Waals surface area contributed by atoms with Crippen molar-refractivity contribution in [3.63, 3.8) is 0 Å². The van der Waals surface area contributed by atoms with E-state index in [0.29, 0.717) is 0 Å². The van der Waals surface area contributed by atoms with E-state index in [0.717, 1.165) is 24.6 Å². The lowest BCUT2D eigenvalue weighted by Crippen LogP contribution is -2.21. The standard InChI is InChI=1S/C11H15N5/c1-8-9(2)11(15-5-3-4-6-15)14-16-7-12-13-10(8)16/h7H,3-6H2,1-2H3. The van der Waals surface area contributed by atoms with E-state index in [1.54, 1.807) is 10.8 Å². The summed E-state index contributed by atoms with van der Waals surface area (Å²) in [7, 11) is 0. The van der Waals surface area contributed by atoms with Crippen molar-refractivity contribution in [1.82, 2.24) is 19.8 Å². The maximum atomic E-state index is 4.60. The summed E-state index contributed by atoms with van der Waals surface area (Å²) >= 11 is 0. The first-order chi connectivity index (χ1) is 7.77. The van der Waals surface area contributed by atoms with E-state index < -0.39 is 0 Å². The molecule has 1 saturated heterocycles. The molecule has 0 saturated carbocycles. The minimum absolute atomic E-state index is 0.862. The van der Waals surface area contributed by atoms with Gasteiger partial charge in [-0.15, -0.1) is 15.3 Å². The molecule has 0 unspecified atom stereocenters. The zero-order chi connectivity index (χ0) is 11.1. The number of hydrogen-bond donors (Lipinski definition) is 0. The third-order valence-electron chi connectivity index (χ3n) is 3.37. The van der Waals surface area contributed by atoms with Gasteiger partial charge in [-0.1, -0.05) is 0 Å². The molecule has 1 aliphatic heterocycles. The van der Waals surface area contributed by atoms with Crippen LogP contribution in [0.4, 0.5) is 5.82 Å². The Kier molecular flexibility index (Phi) is 2.05. The van der Waals surface area contributed by atoms with Crippen molar-refractivity contribution in [2.75, 3.05) is 18.0 Å². The molecule has 16 heavy (non-hydrogen) atoms. The van der Waals surface area contributed by atoms with Gasteiger partial charge in [-0.2, -0.15) is 4.52 Å². The zero-order valence-corrected chi connectivity index (χ0v) is 9.64. The summed E-state index contributed by atoms with van der Waals surface area (Å²) < 4.78 is 1.77. The van der Waals surface area contributed by atoms with Crippen LogP contribution in [0.3, 0.4) is 0 Å². The fourth-order valence-electron chi connectivity index (χ4n) is 2.29.